The van der Waals surface area contributed by atoms with Gasteiger partial charge in [-0.15, -0.1) is 0 Å². The van der Waals surface area contributed by atoms with Gasteiger partial charge in [-0.3, -0.25) is 0 Å². The Morgan fingerprint density at radius 2 is 1.55 bits per heavy atom. The molecule has 1 aliphatic rings. The summed E-state index contributed by atoms with van der Waals surface area (Å²) in [4.78, 5) is 9.48. The molecule has 0 saturated heterocycles. The van der Waals surface area contributed by atoms with Crippen LogP contribution in [0.2, 0.25) is 5.02 Å². The standard InChI is InChI=1S/C26H37ClN2/c1-3-5-7-9-20-11-13-22(14-12-20)26-28-18-24(19-29-26)23-16-15-21(25(27)17-23)10-8-6-4-2/h15-20,22H,3-14H2,1-2H3. The minimum absolute atomic E-state index is 0.538. The van der Waals surface area contributed by atoms with E-state index in [0.717, 1.165) is 34.3 Å². The molecule has 1 aromatic heterocycles. The molecule has 0 atom stereocenters. The molecular weight excluding hydrogens is 376 g/mol. The molecule has 0 bridgehead atoms. The lowest BCUT2D eigenvalue weighted by Gasteiger charge is -2.27. The number of aryl methyl sites for hydroxylation is 1. The summed E-state index contributed by atoms with van der Waals surface area (Å²) >= 11 is 6.53. The highest BCUT2D eigenvalue weighted by atomic mass is 35.5. The third kappa shape index (κ3) is 6.54. The second kappa shape index (κ2) is 11.7. The van der Waals surface area contributed by atoms with E-state index in [2.05, 4.69) is 32.0 Å². The molecule has 2 nitrogen and oxygen atoms in total. The van der Waals surface area contributed by atoms with Gasteiger partial charge in [-0.1, -0.05) is 76.1 Å². The number of hydrogen-bond donors (Lipinski definition) is 0. The van der Waals surface area contributed by atoms with Gasteiger partial charge < -0.3 is 0 Å². The minimum atomic E-state index is 0.538. The van der Waals surface area contributed by atoms with Crippen molar-refractivity contribution in [2.75, 3.05) is 0 Å². The van der Waals surface area contributed by atoms with Crippen molar-refractivity contribution in [3.63, 3.8) is 0 Å². The average molecular weight is 413 g/mol. The van der Waals surface area contributed by atoms with Crippen molar-refractivity contribution in [2.45, 2.75) is 96.8 Å². The van der Waals surface area contributed by atoms with Crippen LogP contribution in [0.25, 0.3) is 11.1 Å². The SMILES string of the molecule is CCCCCc1ccc(-c2cnc(C3CCC(CCCCC)CC3)nc2)cc1Cl. The summed E-state index contributed by atoms with van der Waals surface area (Å²) in [5, 5.41) is 0.865. The predicted molar refractivity (Wildman–Crippen MR) is 125 cm³/mol. The first-order chi connectivity index (χ1) is 14.2. The molecule has 1 heterocycles. The Hall–Kier alpha value is -1.41. The Bertz CT molecular complexity index is 733. The van der Waals surface area contributed by atoms with Crippen LogP contribution < -0.4 is 0 Å². The van der Waals surface area contributed by atoms with E-state index in [-0.39, 0.29) is 0 Å². The van der Waals surface area contributed by atoms with E-state index in [0.29, 0.717) is 5.92 Å². The fourth-order valence-electron chi connectivity index (χ4n) is 4.59. The summed E-state index contributed by atoms with van der Waals surface area (Å²) in [6, 6.07) is 6.40. The number of hydrogen-bond acceptors (Lipinski definition) is 2. The van der Waals surface area contributed by atoms with E-state index in [4.69, 9.17) is 21.6 Å². The van der Waals surface area contributed by atoms with Gasteiger partial charge in [0.2, 0.25) is 0 Å². The van der Waals surface area contributed by atoms with Crippen molar-refractivity contribution in [1.29, 1.82) is 0 Å². The van der Waals surface area contributed by atoms with Gasteiger partial charge in [-0.25, -0.2) is 9.97 Å². The summed E-state index contributed by atoms with van der Waals surface area (Å²) < 4.78 is 0. The Kier molecular flexibility index (Phi) is 8.98. The maximum Gasteiger partial charge on any atom is 0.131 e. The van der Waals surface area contributed by atoms with Crippen LogP contribution in [0.5, 0.6) is 0 Å². The van der Waals surface area contributed by atoms with Crippen LogP contribution in [0.3, 0.4) is 0 Å². The Morgan fingerprint density at radius 1 is 0.862 bits per heavy atom. The maximum atomic E-state index is 6.53. The topological polar surface area (TPSA) is 25.8 Å². The van der Waals surface area contributed by atoms with Gasteiger partial charge in [-0.2, -0.15) is 0 Å². The lowest BCUT2D eigenvalue weighted by molar-refractivity contribution is 0.297. The summed E-state index contributed by atoms with van der Waals surface area (Å²) in [7, 11) is 0. The highest BCUT2D eigenvalue weighted by Crippen LogP contribution is 2.36. The number of benzene rings is 1. The van der Waals surface area contributed by atoms with Crippen molar-refractivity contribution >= 4 is 11.6 Å². The Morgan fingerprint density at radius 3 is 2.21 bits per heavy atom. The highest BCUT2D eigenvalue weighted by Gasteiger charge is 2.23. The van der Waals surface area contributed by atoms with Crippen molar-refractivity contribution in [1.82, 2.24) is 9.97 Å². The van der Waals surface area contributed by atoms with Gasteiger partial charge in [0, 0.05) is 28.9 Å². The summed E-state index contributed by atoms with van der Waals surface area (Å²) in [5.41, 5.74) is 3.42. The van der Waals surface area contributed by atoms with E-state index in [1.807, 2.05) is 12.4 Å². The third-order valence-electron chi connectivity index (χ3n) is 6.54. The van der Waals surface area contributed by atoms with Crippen molar-refractivity contribution in [3.05, 3.63) is 47.0 Å². The van der Waals surface area contributed by atoms with E-state index in [9.17, 15) is 0 Å². The number of aromatic nitrogens is 2. The van der Waals surface area contributed by atoms with Crippen molar-refractivity contribution in [3.8, 4) is 11.1 Å². The molecule has 1 fully saturated rings. The van der Waals surface area contributed by atoms with E-state index >= 15 is 0 Å². The molecule has 3 rings (SSSR count). The first-order valence-electron chi connectivity index (χ1n) is 11.8. The van der Waals surface area contributed by atoms with Crippen LogP contribution >= 0.6 is 11.6 Å². The molecule has 3 heteroatoms. The molecule has 2 aromatic rings. The fraction of sp³-hybridized carbons (Fsp3) is 0.615. The van der Waals surface area contributed by atoms with Crippen LogP contribution in [-0.2, 0) is 6.42 Å². The second-order valence-corrected chi connectivity index (χ2v) is 9.21. The molecule has 158 valence electrons. The molecule has 0 unspecified atom stereocenters. The molecule has 0 radical (unpaired) electrons. The van der Waals surface area contributed by atoms with E-state index < -0.39 is 0 Å². The van der Waals surface area contributed by atoms with Crippen LogP contribution in [0.1, 0.15) is 102 Å². The van der Waals surface area contributed by atoms with Crippen molar-refractivity contribution < 1.29 is 0 Å². The van der Waals surface area contributed by atoms with Crippen LogP contribution in [0.4, 0.5) is 0 Å². The van der Waals surface area contributed by atoms with Crippen LogP contribution in [0.15, 0.2) is 30.6 Å². The third-order valence-corrected chi connectivity index (χ3v) is 6.89. The molecular formula is C26H37ClN2. The lowest BCUT2D eigenvalue weighted by atomic mass is 9.79. The van der Waals surface area contributed by atoms with Gasteiger partial charge in [0.1, 0.15) is 5.82 Å². The quantitative estimate of drug-likeness (QED) is 0.366. The first kappa shape index (κ1) is 22.3. The zero-order valence-electron chi connectivity index (χ0n) is 18.3. The monoisotopic (exact) mass is 412 g/mol. The molecule has 0 amide bonds. The number of unbranched alkanes of at least 4 members (excludes halogenated alkanes) is 4. The maximum absolute atomic E-state index is 6.53. The highest BCUT2D eigenvalue weighted by molar-refractivity contribution is 6.31. The van der Waals surface area contributed by atoms with Crippen molar-refractivity contribution in [2.24, 2.45) is 5.92 Å². The Balaban J connectivity index is 1.56. The summed E-state index contributed by atoms with van der Waals surface area (Å²) in [6.07, 6.45) is 19.4. The first-order valence-corrected chi connectivity index (χ1v) is 12.2. The molecule has 1 aromatic carbocycles. The number of rotatable bonds is 10. The van der Waals surface area contributed by atoms with Crippen LogP contribution in [0, 0.1) is 5.92 Å². The largest absolute Gasteiger partial charge is 0.240 e. The smallest absolute Gasteiger partial charge is 0.131 e. The summed E-state index contributed by atoms with van der Waals surface area (Å²) in [5.74, 6) is 2.49. The molecule has 29 heavy (non-hydrogen) atoms. The average Bonchev–Trinajstić information content (AvgIpc) is 2.76. The number of nitrogens with zero attached hydrogens (tertiary/aromatic N) is 2. The zero-order chi connectivity index (χ0) is 20.5. The lowest BCUT2D eigenvalue weighted by Crippen LogP contribution is -2.15. The fourth-order valence-corrected chi connectivity index (χ4v) is 4.86. The zero-order valence-corrected chi connectivity index (χ0v) is 19.1. The molecule has 0 spiro atoms. The molecule has 0 N–H and O–H groups in total. The minimum Gasteiger partial charge on any atom is -0.240 e. The molecule has 1 aliphatic carbocycles. The Labute approximate surface area is 182 Å². The summed E-state index contributed by atoms with van der Waals surface area (Å²) in [6.45, 7) is 4.52. The molecule has 0 aliphatic heterocycles. The second-order valence-electron chi connectivity index (χ2n) is 8.81. The predicted octanol–water partition coefficient (Wildman–Crippen LogP) is 8.38. The van der Waals surface area contributed by atoms with Crippen LogP contribution in [-0.4, -0.2) is 9.97 Å². The van der Waals surface area contributed by atoms with Gasteiger partial charge >= 0.3 is 0 Å². The van der Waals surface area contributed by atoms with Gasteiger partial charge in [0.25, 0.3) is 0 Å². The number of halogens is 1. The van der Waals surface area contributed by atoms with Gasteiger partial charge in [0.15, 0.2) is 0 Å². The molecule has 1 saturated carbocycles. The normalized spacial score (nSPS) is 19.4. The van der Waals surface area contributed by atoms with E-state index in [1.165, 1.54) is 76.2 Å². The van der Waals surface area contributed by atoms with Gasteiger partial charge in [-0.05, 0) is 61.6 Å². The van der Waals surface area contributed by atoms with E-state index in [1.54, 1.807) is 0 Å². The van der Waals surface area contributed by atoms with Gasteiger partial charge in [0.05, 0.1) is 0 Å².